The minimum Gasteiger partial charge on any atom is -0.493 e. The van der Waals surface area contributed by atoms with Gasteiger partial charge in [-0.1, -0.05) is 30.7 Å². The van der Waals surface area contributed by atoms with Crippen molar-refractivity contribution in [2.45, 2.75) is 91.9 Å². The Labute approximate surface area is 261 Å². The van der Waals surface area contributed by atoms with Crippen LogP contribution in [-0.2, 0) is 25.6 Å². The highest BCUT2D eigenvalue weighted by molar-refractivity contribution is 6.12. The Morgan fingerprint density at radius 3 is 2.22 bits per heavy atom. The zero-order valence-electron chi connectivity index (χ0n) is 27.0. The molecular weight excluding hydrogens is 578 g/mol. The Hall–Kier alpha value is -4.54. The number of unbranched alkanes of at least 4 members (excludes halogenated alkanes) is 1. The van der Waals surface area contributed by atoms with E-state index < -0.39 is 46.3 Å². The molecule has 0 radical (unpaired) electrons. The van der Waals surface area contributed by atoms with Crippen LogP contribution in [0.5, 0.6) is 5.75 Å². The van der Waals surface area contributed by atoms with Crippen molar-refractivity contribution in [2.24, 2.45) is 5.41 Å². The maximum absolute atomic E-state index is 14.0. The summed E-state index contributed by atoms with van der Waals surface area (Å²) in [5.74, 6) is -1.83. The molecule has 0 fully saturated rings. The summed E-state index contributed by atoms with van der Waals surface area (Å²) in [6.07, 6.45) is 2.27. The largest absolute Gasteiger partial charge is 0.493 e. The molecule has 0 aliphatic heterocycles. The predicted molar refractivity (Wildman–Crippen MR) is 168 cm³/mol. The van der Waals surface area contributed by atoms with E-state index in [-0.39, 0.29) is 18.5 Å². The van der Waals surface area contributed by atoms with Crippen LogP contribution in [0.4, 0.5) is 0 Å². The van der Waals surface area contributed by atoms with E-state index in [1.807, 2.05) is 0 Å². The van der Waals surface area contributed by atoms with Gasteiger partial charge in [0, 0.05) is 24.4 Å². The molecule has 0 saturated heterocycles. The quantitative estimate of drug-likeness (QED) is 0.0797. The Bertz CT molecular complexity index is 1730. The molecule has 4 aromatic rings. The zero-order valence-corrected chi connectivity index (χ0v) is 27.0. The fraction of sp³-hybridized carbons (Fsp3) is 0.471. The second kappa shape index (κ2) is 13.2. The van der Waals surface area contributed by atoms with E-state index in [0.717, 1.165) is 17.5 Å². The monoisotopic (exact) mass is 619 g/mol. The number of ketones is 1. The molecule has 0 atom stereocenters. The molecule has 2 heterocycles. The summed E-state index contributed by atoms with van der Waals surface area (Å²) in [4.78, 5) is 55.3. The van der Waals surface area contributed by atoms with Crippen LogP contribution in [-0.4, -0.2) is 50.5 Å². The lowest BCUT2D eigenvalue weighted by atomic mass is 9.78. The van der Waals surface area contributed by atoms with E-state index >= 15 is 0 Å². The van der Waals surface area contributed by atoms with Crippen molar-refractivity contribution in [2.75, 3.05) is 6.61 Å². The molecule has 0 unspecified atom stereocenters. The van der Waals surface area contributed by atoms with Crippen molar-refractivity contribution in [3.63, 3.8) is 0 Å². The number of Topliss-reactive ketones (excluding diaryl/α,β-unsaturated/α-hetero) is 1. The molecule has 4 rings (SSSR count). The van der Waals surface area contributed by atoms with E-state index in [2.05, 4.69) is 17.2 Å². The highest BCUT2D eigenvalue weighted by Gasteiger charge is 2.52. The number of carbonyl (C=O) groups is 3. The molecule has 240 valence electrons. The average molecular weight is 620 g/mol. The number of rotatable bonds is 12. The molecular formula is C34H41N3O8. The molecule has 0 amide bonds. The van der Waals surface area contributed by atoms with Crippen LogP contribution >= 0.6 is 0 Å². The van der Waals surface area contributed by atoms with Crippen molar-refractivity contribution in [3.05, 3.63) is 64.6 Å². The summed E-state index contributed by atoms with van der Waals surface area (Å²) < 4.78 is 24.0. The van der Waals surface area contributed by atoms with Gasteiger partial charge in [-0.2, -0.15) is 0 Å². The second-order valence-electron chi connectivity index (χ2n) is 13.1. The molecule has 0 aliphatic carbocycles. The second-order valence-corrected chi connectivity index (χ2v) is 13.1. The molecule has 0 aliphatic rings. The number of hydrogen-bond donors (Lipinski definition) is 0. The third-order valence-electron chi connectivity index (χ3n) is 7.04. The Balaban J connectivity index is 1.76. The van der Waals surface area contributed by atoms with Crippen molar-refractivity contribution in [1.82, 2.24) is 15.0 Å². The number of aromatic nitrogens is 3. The molecule has 45 heavy (non-hydrogen) atoms. The number of esters is 2. The third-order valence-corrected chi connectivity index (χ3v) is 7.04. The molecule has 11 nitrogen and oxygen atoms in total. The summed E-state index contributed by atoms with van der Waals surface area (Å²) in [6.45, 7) is 12.4. The zero-order chi connectivity index (χ0) is 33.0. The number of aryl methyl sites for hydroxylation is 1. The molecule has 0 saturated carbocycles. The molecule has 0 N–H and O–H groups in total. The summed E-state index contributed by atoms with van der Waals surface area (Å²) >= 11 is 0. The van der Waals surface area contributed by atoms with Crippen LogP contribution in [0.2, 0.25) is 0 Å². The van der Waals surface area contributed by atoms with E-state index in [1.54, 1.807) is 84.0 Å². The van der Waals surface area contributed by atoms with Crippen LogP contribution in [0.25, 0.3) is 21.9 Å². The van der Waals surface area contributed by atoms with Crippen molar-refractivity contribution in [1.29, 1.82) is 0 Å². The van der Waals surface area contributed by atoms with Crippen LogP contribution in [0, 0.1) is 5.41 Å². The number of furan rings is 1. The summed E-state index contributed by atoms with van der Waals surface area (Å²) in [6, 6.07) is 11.9. The summed E-state index contributed by atoms with van der Waals surface area (Å²) in [5, 5.41) is 8.96. The molecule has 11 heteroatoms. The van der Waals surface area contributed by atoms with Gasteiger partial charge in [0.05, 0.1) is 17.6 Å². The van der Waals surface area contributed by atoms with Crippen LogP contribution in [0.3, 0.4) is 0 Å². The predicted octanol–water partition coefficient (Wildman–Crippen LogP) is 6.05. The molecule has 2 aromatic carbocycles. The minimum absolute atomic E-state index is 0.185. The maximum Gasteiger partial charge on any atom is 0.324 e. The SMILES string of the molecule is CCCCOc1ccc2c(C(=O)CC(CCn3nnc4ccccc4c3=O)(C(=O)OC(C)(C)C)C(=O)OC(C)(C)C)coc2c1. The van der Waals surface area contributed by atoms with Gasteiger partial charge in [0.1, 0.15) is 34.3 Å². The first-order chi connectivity index (χ1) is 21.1. The fourth-order valence-electron chi connectivity index (χ4n) is 4.76. The number of nitrogens with zero attached hydrogens (tertiary/aromatic N) is 3. The van der Waals surface area contributed by atoms with E-state index in [0.29, 0.717) is 34.2 Å². The van der Waals surface area contributed by atoms with E-state index in [4.69, 9.17) is 18.6 Å². The normalized spacial score (nSPS) is 12.3. The number of benzene rings is 2. The van der Waals surface area contributed by atoms with Gasteiger partial charge in [-0.05, 0) is 78.6 Å². The van der Waals surface area contributed by atoms with Gasteiger partial charge in [-0.25, -0.2) is 4.68 Å². The Morgan fingerprint density at radius 1 is 0.911 bits per heavy atom. The highest BCUT2D eigenvalue weighted by Crippen LogP contribution is 2.37. The van der Waals surface area contributed by atoms with Crippen molar-refractivity contribution in [3.8, 4) is 5.75 Å². The van der Waals surface area contributed by atoms with Gasteiger partial charge in [0.15, 0.2) is 11.2 Å². The van der Waals surface area contributed by atoms with Crippen molar-refractivity contribution < 1.29 is 33.0 Å². The van der Waals surface area contributed by atoms with Gasteiger partial charge in [0.2, 0.25) is 0 Å². The fourth-order valence-corrected chi connectivity index (χ4v) is 4.76. The maximum atomic E-state index is 14.0. The lowest BCUT2D eigenvalue weighted by Gasteiger charge is -2.34. The lowest BCUT2D eigenvalue weighted by Crippen LogP contribution is -2.49. The third kappa shape index (κ3) is 7.95. The van der Waals surface area contributed by atoms with Gasteiger partial charge in [0.25, 0.3) is 5.56 Å². The summed E-state index contributed by atoms with van der Waals surface area (Å²) in [7, 11) is 0. The lowest BCUT2D eigenvalue weighted by molar-refractivity contribution is -0.186. The average Bonchev–Trinajstić information content (AvgIpc) is 3.38. The number of carbonyl (C=O) groups excluding carboxylic acids is 3. The Morgan fingerprint density at radius 2 is 1.58 bits per heavy atom. The van der Waals surface area contributed by atoms with E-state index in [9.17, 15) is 19.2 Å². The number of hydrogen-bond acceptors (Lipinski definition) is 10. The van der Waals surface area contributed by atoms with Crippen LogP contribution in [0.1, 0.15) is 84.5 Å². The van der Waals surface area contributed by atoms with Gasteiger partial charge in [-0.15, -0.1) is 5.10 Å². The smallest absolute Gasteiger partial charge is 0.324 e. The number of ether oxygens (including phenoxy) is 3. The minimum atomic E-state index is -2.13. The molecule has 0 spiro atoms. The van der Waals surface area contributed by atoms with Crippen molar-refractivity contribution >= 4 is 39.6 Å². The molecule has 2 aromatic heterocycles. The van der Waals surface area contributed by atoms with Gasteiger partial charge < -0.3 is 18.6 Å². The Kier molecular flexibility index (Phi) is 9.79. The van der Waals surface area contributed by atoms with E-state index in [1.165, 1.54) is 6.26 Å². The molecule has 0 bridgehead atoms. The van der Waals surface area contributed by atoms with Gasteiger partial charge >= 0.3 is 11.9 Å². The first-order valence-electron chi connectivity index (χ1n) is 15.1. The number of fused-ring (bicyclic) bond motifs is 2. The first-order valence-corrected chi connectivity index (χ1v) is 15.1. The first kappa shape index (κ1) is 33.4. The van der Waals surface area contributed by atoms with Gasteiger partial charge in [-0.3, -0.25) is 19.2 Å². The van der Waals surface area contributed by atoms with Crippen LogP contribution < -0.4 is 10.3 Å². The summed E-state index contributed by atoms with van der Waals surface area (Å²) in [5.41, 5.74) is -3.56. The van der Waals surface area contributed by atoms with Crippen LogP contribution in [0.15, 0.2) is 57.9 Å². The highest BCUT2D eigenvalue weighted by atomic mass is 16.6. The standard InChI is InChI=1S/C34H41N3O8/c1-8-9-18-42-22-14-15-23-25(21-43-28(23)19-22)27(38)20-34(30(40)44-32(2,3)4,31(41)45-33(5,6)7)16-17-37-29(39)24-12-10-11-13-26(24)35-36-37/h10-15,19,21H,8-9,16-18,20H2,1-7H3. The topological polar surface area (TPSA) is 140 Å².